The number of phenols is 1. The number of anilines is 1. The van der Waals surface area contributed by atoms with Gasteiger partial charge in [-0.1, -0.05) is 6.07 Å². The number of hydrogen-bond donors (Lipinski definition) is 2. The van der Waals surface area contributed by atoms with Gasteiger partial charge in [0.25, 0.3) is 0 Å². The molecule has 0 spiro atoms. The van der Waals surface area contributed by atoms with Gasteiger partial charge in [-0.25, -0.2) is 8.78 Å². The van der Waals surface area contributed by atoms with Gasteiger partial charge in [0.1, 0.15) is 0 Å². The summed E-state index contributed by atoms with van der Waals surface area (Å²) in [6.45, 7) is 0.322. The van der Waals surface area contributed by atoms with E-state index < -0.39 is 11.6 Å². The molecule has 0 unspecified atom stereocenters. The topological polar surface area (TPSA) is 41.5 Å². The van der Waals surface area contributed by atoms with Gasteiger partial charge in [-0.3, -0.25) is 0 Å². The lowest BCUT2D eigenvalue weighted by molar-refractivity contribution is 0.373. The van der Waals surface area contributed by atoms with Crippen LogP contribution in [0, 0.1) is 11.6 Å². The maximum absolute atomic E-state index is 13.0. The highest BCUT2D eigenvalue weighted by atomic mass is 19.2. The van der Waals surface area contributed by atoms with E-state index in [-0.39, 0.29) is 5.75 Å². The predicted molar refractivity (Wildman–Crippen MR) is 68.3 cm³/mol. The first-order chi connectivity index (χ1) is 9.10. The second-order valence-electron chi connectivity index (χ2n) is 3.99. The summed E-state index contributed by atoms with van der Waals surface area (Å²) in [5.74, 6) is -1.36. The lowest BCUT2D eigenvalue weighted by atomic mass is 10.2. The molecule has 0 radical (unpaired) electrons. The maximum atomic E-state index is 13.0. The van der Waals surface area contributed by atoms with E-state index in [0.717, 1.165) is 12.1 Å². The fourth-order valence-electron chi connectivity index (χ4n) is 1.65. The summed E-state index contributed by atoms with van der Waals surface area (Å²) in [6.07, 6.45) is 0. The highest BCUT2D eigenvalue weighted by Gasteiger charge is 2.04. The average molecular weight is 265 g/mol. The van der Waals surface area contributed by atoms with E-state index in [9.17, 15) is 13.9 Å². The number of halogens is 2. The Morgan fingerprint density at radius 1 is 1.11 bits per heavy atom. The van der Waals surface area contributed by atoms with E-state index >= 15 is 0 Å². The van der Waals surface area contributed by atoms with Crippen molar-refractivity contribution in [3.8, 4) is 11.5 Å². The van der Waals surface area contributed by atoms with E-state index in [1.807, 2.05) is 0 Å². The van der Waals surface area contributed by atoms with Crippen LogP contribution in [0.2, 0.25) is 0 Å². The van der Waals surface area contributed by atoms with Crippen LogP contribution in [0.3, 0.4) is 0 Å². The first-order valence-electron chi connectivity index (χ1n) is 5.65. The van der Waals surface area contributed by atoms with Crippen LogP contribution < -0.4 is 10.1 Å². The lowest BCUT2D eigenvalue weighted by Crippen LogP contribution is -2.00. The summed E-state index contributed by atoms with van der Waals surface area (Å²) in [5.41, 5.74) is 1.26. The molecular formula is C14H13F2NO2. The minimum Gasteiger partial charge on any atom is -0.504 e. The van der Waals surface area contributed by atoms with Crippen molar-refractivity contribution in [2.45, 2.75) is 6.54 Å². The van der Waals surface area contributed by atoms with Gasteiger partial charge in [0.2, 0.25) is 0 Å². The van der Waals surface area contributed by atoms with Crippen molar-refractivity contribution in [3.63, 3.8) is 0 Å². The van der Waals surface area contributed by atoms with Crippen LogP contribution >= 0.6 is 0 Å². The molecule has 3 nitrogen and oxygen atoms in total. The lowest BCUT2D eigenvalue weighted by Gasteiger charge is -2.09. The highest BCUT2D eigenvalue weighted by Crippen LogP contribution is 2.28. The molecular weight excluding hydrogens is 252 g/mol. The summed E-state index contributed by atoms with van der Waals surface area (Å²) < 4.78 is 30.7. The zero-order chi connectivity index (χ0) is 13.8. The van der Waals surface area contributed by atoms with E-state index in [1.54, 1.807) is 12.1 Å². The van der Waals surface area contributed by atoms with Crippen LogP contribution in [0.4, 0.5) is 14.5 Å². The van der Waals surface area contributed by atoms with Crippen molar-refractivity contribution < 1.29 is 18.6 Å². The molecule has 0 fully saturated rings. The molecule has 0 saturated carbocycles. The fraction of sp³-hybridized carbons (Fsp3) is 0.143. The maximum Gasteiger partial charge on any atom is 0.160 e. The molecule has 100 valence electrons. The second-order valence-corrected chi connectivity index (χ2v) is 3.99. The van der Waals surface area contributed by atoms with Crippen molar-refractivity contribution in [1.82, 2.24) is 0 Å². The Balaban J connectivity index is 2.05. The van der Waals surface area contributed by atoms with Gasteiger partial charge in [-0.05, 0) is 29.8 Å². The zero-order valence-corrected chi connectivity index (χ0v) is 10.3. The molecule has 0 bridgehead atoms. The smallest absolute Gasteiger partial charge is 0.160 e. The van der Waals surface area contributed by atoms with E-state index in [2.05, 4.69) is 5.32 Å². The molecule has 0 aliphatic heterocycles. The van der Waals surface area contributed by atoms with Crippen molar-refractivity contribution in [3.05, 3.63) is 53.6 Å². The molecule has 2 aromatic rings. The van der Waals surface area contributed by atoms with Crippen LogP contribution in [0.15, 0.2) is 36.4 Å². The first-order valence-corrected chi connectivity index (χ1v) is 5.65. The number of hydrogen-bond acceptors (Lipinski definition) is 3. The van der Waals surface area contributed by atoms with Crippen LogP contribution in [0.1, 0.15) is 5.56 Å². The summed E-state index contributed by atoms with van der Waals surface area (Å²) in [5, 5.41) is 12.6. The minimum absolute atomic E-state index is 0.0118. The molecule has 0 amide bonds. The minimum atomic E-state index is -0.878. The Kier molecular flexibility index (Phi) is 3.85. The third kappa shape index (κ3) is 3.13. The molecule has 0 saturated heterocycles. The average Bonchev–Trinajstić information content (AvgIpc) is 2.40. The monoisotopic (exact) mass is 265 g/mol. The first kappa shape index (κ1) is 13.1. The van der Waals surface area contributed by atoms with Gasteiger partial charge in [0.05, 0.1) is 7.11 Å². The fourth-order valence-corrected chi connectivity index (χ4v) is 1.65. The number of ether oxygens (including phenoxy) is 1. The number of aromatic hydroxyl groups is 1. The number of benzene rings is 2. The van der Waals surface area contributed by atoms with Crippen LogP contribution in [0.25, 0.3) is 0 Å². The standard InChI is InChI=1S/C14H13F2NO2/c1-19-14-5-3-10(7-13(14)18)17-8-9-2-4-11(15)12(16)6-9/h2-7,17-18H,8H2,1H3. The Morgan fingerprint density at radius 2 is 1.89 bits per heavy atom. The van der Waals surface area contributed by atoms with E-state index in [0.29, 0.717) is 23.5 Å². The largest absolute Gasteiger partial charge is 0.504 e. The number of rotatable bonds is 4. The van der Waals surface area contributed by atoms with Crippen LogP contribution in [-0.4, -0.2) is 12.2 Å². The predicted octanol–water partition coefficient (Wildman–Crippen LogP) is 3.29. The third-order valence-electron chi connectivity index (χ3n) is 2.66. The van der Waals surface area contributed by atoms with Gasteiger partial charge in [-0.15, -0.1) is 0 Å². The van der Waals surface area contributed by atoms with Crippen LogP contribution in [-0.2, 0) is 6.54 Å². The van der Waals surface area contributed by atoms with Gasteiger partial charge in [-0.2, -0.15) is 0 Å². The molecule has 2 aromatic carbocycles. The third-order valence-corrected chi connectivity index (χ3v) is 2.66. The van der Waals surface area contributed by atoms with Crippen molar-refractivity contribution in [1.29, 1.82) is 0 Å². The summed E-state index contributed by atoms with van der Waals surface area (Å²) in [4.78, 5) is 0. The molecule has 0 heterocycles. The van der Waals surface area contributed by atoms with Gasteiger partial charge in [0, 0.05) is 18.3 Å². The molecule has 2 rings (SSSR count). The molecule has 0 atom stereocenters. The Morgan fingerprint density at radius 3 is 2.53 bits per heavy atom. The summed E-state index contributed by atoms with van der Waals surface area (Å²) in [7, 11) is 1.46. The Hall–Kier alpha value is -2.30. The number of methoxy groups -OCH3 is 1. The molecule has 0 aromatic heterocycles. The van der Waals surface area contributed by atoms with Crippen molar-refractivity contribution in [2.75, 3.05) is 12.4 Å². The quantitative estimate of drug-likeness (QED) is 0.891. The molecule has 2 N–H and O–H groups in total. The summed E-state index contributed by atoms with van der Waals surface area (Å²) >= 11 is 0. The molecule has 19 heavy (non-hydrogen) atoms. The SMILES string of the molecule is COc1ccc(NCc2ccc(F)c(F)c2)cc1O. The number of phenolic OH excluding ortho intramolecular Hbond substituents is 1. The van der Waals surface area contributed by atoms with E-state index in [1.165, 1.54) is 19.2 Å². The zero-order valence-electron chi connectivity index (χ0n) is 10.3. The van der Waals surface area contributed by atoms with Crippen LogP contribution in [0.5, 0.6) is 11.5 Å². The Labute approximate surface area is 109 Å². The highest BCUT2D eigenvalue weighted by molar-refractivity contribution is 5.54. The molecule has 0 aliphatic carbocycles. The Bertz CT molecular complexity index is 588. The normalized spacial score (nSPS) is 10.3. The van der Waals surface area contributed by atoms with Gasteiger partial charge in [0.15, 0.2) is 23.1 Å². The van der Waals surface area contributed by atoms with E-state index in [4.69, 9.17) is 4.74 Å². The second kappa shape index (κ2) is 5.56. The summed E-state index contributed by atoms with van der Waals surface area (Å²) in [6, 6.07) is 8.54. The van der Waals surface area contributed by atoms with Crippen molar-refractivity contribution in [2.24, 2.45) is 0 Å². The molecule has 5 heteroatoms. The van der Waals surface area contributed by atoms with Gasteiger partial charge >= 0.3 is 0 Å². The molecule has 0 aliphatic rings. The van der Waals surface area contributed by atoms with Crippen molar-refractivity contribution >= 4 is 5.69 Å². The number of nitrogens with one attached hydrogen (secondary N) is 1. The van der Waals surface area contributed by atoms with Gasteiger partial charge < -0.3 is 15.2 Å².